The van der Waals surface area contributed by atoms with Crippen molar-refractivity contribution in [3.8, 4) is 0 Å². The highest BCUT2D eigenvalue weighted by Crippen LogP contribution is 2.07. The van der Waals surface area contributed by atoms with Crippen LogP contribution in [0.4, 0.5) is 0 Å². The van der Waals surface area contributed by atoms with Crippen molar-refractivity contribution < 1.29 is 4.79 Å². The van der Waals surface area contributed by atoms with E-state index in [4.69, 9.17) is 23.2 Å². The first-order chi connectivity index (χ1) is 4.54. The second-order valence-electron chi connectivity index (χ2n) is 2.51. The average molecular weight is 184 g/mol. The highest BCUT2D eigenvalue weighted by Gasteiger charge is 2.22. The minimum Gasteiger partial charge on any atom is -0.349 e. The Morgan fingerprint density at radius 3 is 2.00 bits per heavy atom. The van der Waals surface area contributed by atoms with Crippen LogP contribution in [0.3, 0.4) is 0 Å². The maximum atomic E-state index is 10.5. The zero-order valence-electron chi connectivity index (χ0n) is 6.08. The minimum absolute atomic E-state index is 0.108. The van der Waals surface area contributed by atoms with Crippen LogP contribution in [-0.2, 0) is 4.79 Å². The average Bonchev–Trinajstić information content (AvgIpc) is 1.87. The highest BCUT2D eigenvalue weighted by molar-refractivity contribution is 6.22. The molecule has 0 fully saturated rings. The SMILES string of the molecule is CC(=O)NC(C)(CCl)CCl. The standard InChI is InChI=1S/C6H11Cl2NO/c1-5(10)9-6(2,3-7)4-8/h3-4H2,1-2H3,(H,9,10). The molecule has 0 aliphatic rings. The first-order valence-electron chi connectivity index (χ1n) is 2.95. The first-order valence-corrected chi connectivity index (χ1v) is 4.01. The smallest absolute Gasteiger partial charge is 0.217 e. The number of nitrogens with one attached hydrogen (secondary N) is 1. The maximum Gasteiger partial charge on any atom is 0.217 e. The quantitative estimate of drug-likeness (QED) is 0.659. The fourth-order valence-electron chi connectivity index (χ4n) is 0.528. The van der Waals surface area contributed by atoms with Gasteiger partial charge in [0, 0.05) is 18.7 Å². The number of alkyl halides is 2. The highest BCUT2D eigenvalue weighted by atomic mass is 35.5. The molecule has 0 aliphatic heterocycles. The van der Waals surface area contributed by atoms with E-state index in [1.54, 1.807) is 6.92 Å². The molecule has 0 radical (unpaired) electrons. The molecule has 0 saturated carbocycles. The van der Waals surface area contributed by atoms with E-state index in [9.17, 15) is 4.79 Å². The van der Waals surface area contributed by atoms with Gasteiger partial charge in [0.05, 0.1) is 5.54 Å². The number of hydrogen-bond acceptors (Lipinski definition) is 1. The molecule has 1 amide bonds. The van der Waals surface area contributed by atoms with Crippen molar-refractivity contribution in [2.45, 2.75) is 19.4 Å². The van der Waals surface area contributed by atoms with E-state index in [0.29, 0.717) is 11.8 Å². The molecule has 0 bridgehead atoms. The zero-order chi connectivity index (χ0) is 8.20. The first kappa shape index (κ1) is 10.0. The van der Waals surface area contributed by atoms with Gasteiger partial charge in [0.15, 0.2) is 0 Å². The molecule has 0 rings (SSSR count). The summed E-state index contributed by atoms with van der Waals surface area (Å²) < 4.78 is 0. The molecule has 0 heterocycles. The molecular weight excluding hydrogens is 173 g/mol. The molecule has 4 heteroatoms. The predicted molar refractivity (Wildman–Crippen MR) is 43.7 cm³/mol. The van der Waals surface area contributed by atoms with Crippen molar-refractivity contribution in [2.75, 3.05) is 11.8 Å². The van der Waals surface area contributed by atoms with Crippen molar-refractivity contribution in [3.05, 3.63) is 0 Å². The lowest BCUT2D eigenvalue weighted by atomic mass is 10.1. The molecule has 10 heavy (non-hydrogen) atoms. The number of carbonyl (C=O) groups excluding carboxylic acids is 1. The molecule has 0 aromatic heterocycles. The van der Waals surface area contributed by atoms with Crippen molar-refractivity contribution in [1.29, 1.82) is 0 Å². The second-order valence-corrected chi connectivity index (χ2v) is 3.04. The largest absolute Gasteiger partial charge is 0.349 e. The van der Waals surface area contributed by atoms with Crippen molar-refractivity contribution in [3.63, 3.8) is 0 Å². The summed E-state index contributed by atoms with van der Waals surface area (Å²) in [6, 6.07) is 0. The van der Waals surface area contributed by atoms with Gasteiger partial charge in [-0.05, 0) is 6.92 Å². The van der Waals surface area contributed by atoms with Gasteiger partial charge in [-0.3, -0.25) is 4.79 Å². The Hall–Kier alpha value is 0.0500. The number of rotatable bonds is 3. The minimum atomic E-state index is -0.463. The molecule has 1 N–H and O–H groups in total. The Morgan fingerprint density at radius 2 is 1.90 bits per heavy atom. The molecule has 0 aromatic carbocycles. The Balaban J connectivity index is 3.92. The van der Waals surface area contributed by atoms with Gasteiger partial charge in [0.25, 0.3) is 0 Å². The van der Waals surface area contributed by atoms with Gasteiger partial charge < -0.3 is 5.32 Å². The Morgan fingerprint density at radius 1 is 1.50 bits per heavy atom. The molecule has 60 valence electrons. The monoisotopic (exact) mass is 183 g/mol. The van der Waals surface area contributed by atoms with Crippen molar-refractivity contribution in [1.82, 2.24) is 5.32 Å². The van der Waals surface area contributed by atoms with Crippen LogP contribution < -0.4 is 5.32 Å². The van der Waals surface area contributed by atoms with Crippen LogP contribution in [-0.4, -0.2) is 23.2 Å². The summed E-state index contributed by atoms with van der Waals surface area (Å²) in [5.74, 6) is 0.551. The third-order valence-corrected chi connectivity index (χ3v) is 2.25. The molecule has 0 atom stereocenters. The van der Waals surface area contributed by atoms with Gasteiger partial charge >= 0.3 is 0 Å². The molecule has 0 unspecified atom stereocenters. The van der Waals surface area contributed by atoms with Gasteiger partial charge in [-0.1, -0.05) is 0 Å². The van der Waals surface area contributed by atoms with E-state index in [1.165, 1.54) is 6.92 Å². The summed E-state index contributed by atoms with van der Waals surface area (Å²) in [6.45, 7) is 3.24. The predicted octanol–water partition coefficient (Wildman–Crippen LogP) is 1.36. The van der Waals surface area contributed by atoms with Crippen molar-refractivity contribution in [2.24, 2.45) is 0 Å². The summed E-state index contributed by atoms with van der Waals surface area (Å²) >= 11 is 11.1. The fraction of sp³-hybridized carbons (Fsp3) is 0.833. The van der Waals surface area contributed by atoms with E-state index < -0.39 is 5.54 Å². The van der Waals surface area contributed by atoms with E-state index in [0.717, 1.165) is 0 Å². The van der Waals surface area contributed by atoms with Gasteiger partial charge in [-0.15, -0.1) is 23.2 Å². The van der Waals surface area contributed by atoms with Crippen LogP contribution in [0, 0.1) is 0 Å². The summed E-state index contributed by atoms with van der Waals surface area (Å²) in [6.07, 6.45) is 0. The molecule has 0 aliphatic carbocycles. The van der Waals surface area contributed by atoms with Crippen LogP contribution in [0.15, 0.2) is 0 Å². The summed E-state index contributed by atoms with van der Waals surface area (Å²) in [5, 5.41) is 2.65. The lowest BCUT2D eigenvalue weighted by Gasteiger charge is -2.24. The number of carbonyl (C=O) groups is 1. The molecule has 0 aromatic rings. The zero-order valence-corrected chi connectivity index (χ0v) is 7.59. The van der Waals surface area contributed by atoms with Gasteiger partial charge in [0.1, 0.15) is 0 Å². The lowest BCUT2D eigenvalue weighted by molar-refractivity contribution is -0.120. The van der Waals surface area contributed by atoms with Crippen LogP contribution in [0.1, 0.15) is 13.8 Å². The van der Waals surface area contributed by atoms with Crippen molar-refractivity contribution >= 4 is 29.1 Å². The van der Waals surface area contributed by atoms with Gasteiger partial charge in [0.2, 0.25) is 5.91 Å². The topological polar surface area (TPSA) is 29.1 Å². The normalized spacial score (nSPS) is 11.2. The molecular formula is C6H11Cl2NO. The van der Waals surface area contributed by atoms with Gasteiger partial charge in [-0.2, -0.15) is 0 Å². The number of amides is 1. The van der Waals surface area contributed by atoms with E-state index in [-0.39, 0.29) is 5.91 Å². The summed E-state index contributed by atoms with van der Waals surface area (Å²) in [5.41, 5.74) is -0.463. The second kappa shape index (κ2) is 4.04. The Bertz CT molecular complexity index is 123. The van der Waals surface area contributed by atoms with E-state index >= 15 is 0 Å². The van der Waals surface area contributed by atoms with E-state index in [2.05, 4.69) is 5.32 Å². The lowest BCUT2D eigenvalue weighted by Crippen LogP contribution is -2.48. The Labute approximate surface area is 70.9 Å². The molecule has 0 saturated heterocycles. The van der Waals surface area contributed by atoms with Crippen LogP contribution >= 0.6 is 23.2 Å². The number of hydrogen-bond donors (Lipinski definition) is 1. The molecule has 0 spiro atoms. The van der Waals surface area contributed by atoms with E-state index in [1.807, 2.05) is 0 Å². The van der Waals surface area contributed by atoms with Crippen LogP contribution in [0.25, 0.3) is 0 Å². The maximum absolute atomic E-state index is 10.5. The Kier molecular flexibility index (Phi) is 4.06. The van der Waals surface area contributed by atoms with Crippen LogP contribution in [0.5, 0.6) is 0 Å². The van der Waals surface area contributed by atoms with Crippen LogP contribution in [0.2, 0.25) is 0 Å². The third-order valence-electron chi connectivity index (χ3n) is 1.07. The third kappa shape index (κ3) is 3.28. The number of halogens is 2. The summed E-state index contributed by atoms with van der Waals surface area (Å²) in [7, 11) is 0. The molecule has 2 nitrogen and oxygen atoms in total. The van der Waals surface area contributed by atoms with Gasteiger partial charge in [-0.25, -0.2) is 0 Å². The summed E-state index contributed by atoms with van der Waals surface area (Å²) in [4.78, 5) is 10.5. The fourth-order valence-corrected chi connectivity index (χ4v) is 0.947.